The summed E-state index contributed by atoms with van der Waals surface area (Å²) in [6.07, 6.45) is 6.22. The number of hydrogen-bond acceptors (Lipinski definition) is 4. The third kappa shape index (κ3) is 5.96. The molecular formula is C19H36N4O2. The highest BCUT2D eigenvalue weighted by atomic mass is 16.2. The van der Waals surface area contributed by atoms with Gasteiger partial charge < -0.3 is 16.0 Å². The van der Waals surface area contributed by atoms with Crippen LogP contribution in [-0.2, 0) is 9.59 Å². The van der Waals surface area contributed by atoms with Gasteiger partial charge in [0.25, 0.3) is 0 Å². The molecule has 1 saturated heterocycles. The monoisotopic (exact) mass is 352 g/mol. The predicted molar refractivity (Wildman–Crippen MR) is 100 cm³/mol. The van der Waals surface area contributed by atoms with Gasteiger partial charge in [-0.05, 0) is 44.9 Å². The first-order valence-corrected chi connectivity index (χ1v) is 9.91. The summed E-state index contributed by atoms with van der Waals surface area (Å²) in [5.41, 5.74) is 5.39. The maximum Gasteiger partial charge on any atom is 0.242 e. The Morgan fingerprint density at radius 3 is 2.28 bits per heavy atom. The highest BCUT2D eigenvalue weighted by Gasteiger charge is 2.33. The first kappa shape index (κ1) is 20.2. The van der Waals surface area contributed by atoms with Gasteiger partial charge in [0, 0.05) is 32.2 Å². The third-order valence-corrected chi connectivity index (χ3v) is 5.67. The summed E-state index contributed by atoms with van der Waals surface area (Å²) in [6, 6.07) is 0.346. The molecule has 2 rings (SSSR count). The number of carbonyl (C=O) groups is 2. The van der Waals surface area contributed by atoms with Gasteiger partial charge in [0.2, 0.25) is 11.8 Å². The van der Waals surface area contributed by atoms with E-state index in [9.17, 15) is 9.59 Å². The normalized spacial score (nSPS) is 27.6. The lowest BCUT2D eigenvalue weighted by Crippen LogP contribution is -2.59. The van der Waals surface area contributed by atoms with Crippen molar-refractivity contribution in [1.29, 1.82) is 0 Å². The number of rotatable bonds is 6. The molecule has 1 aliphatic heterocycles. The minimum atomic E-state index is -0.771. The zero-order valence-corrected chi connectivity index (χ0v) is 16.2. The van der Waals surface area contributed by atoms with Gasteiger partial charge in [-0.2, -0.15) is 0 Å². The fourth-order valence-corrected chi connectivity index (χ4v) is 3.98. The summed E-state index contributed by atoms with van der Waals surface area (Å²) < 4.78 is 0. The fraction of sp³-hybridized carbons (Fsp3) is 0.895. The average Bonchev–Trinajstić information content (AvgIpc) is 2.57. The summed E-state index contributed by atoms with van der Waals surface area (Å²) in [4.78, 5) is 28.8. The van der Waals surface area contributed by atoms with E-state index in [1.54, 1.807) is 0 Å². The van der Waals surface area contributed by atoms with Gasteiger partial charge in [-0.3, -0.25) is 14.5 Å². The second-order valence-electron chi connectivity index (χ2n) is 8.26. The SMILES string of the molecule is CCCC(C)(N)C(=O)N1CCN(CC(=O)NC2CCC(C)CC2)CC1. The van der Waals surface area contributed by atoms with Crippen LogP contribution in [0.3, 0.4) is 0 Å². The standard InChI is InChI=1S/C19H36N4O2/c1-4-9-19(3,20)18(25)23-12-10-22(11-13-23)14-17(24)21-16-7-5-15(2)6-8-16/h15-16H,4-14,20H2,1-3H3,(H,21,24). The van der Waals surface area contributed by atoms with Crippen LogP contribution in [0.15, 0.2) is 0 Å². The quantitative estimate of drug-likeness (QED) is 0.756. The van der Waals surface area contributed by atoms with Gasteiger partial charge in [-0.25, -0.2) is 0 Å². The third-order valence-electron chi connectivity index (χ3n) is 5.67. The zero-order valence-electron chi connectivity index (χ0n) is 16.2. The van der Waals surface area contributed by atoms with Gasteiger partial charge in [0.15, 0.2) is 0 Å². The zero-order chi connectivity index (χ0) is 18.4. The first-order chi connectivity index (χ1) is 11.8. The van der Waals surface area contributed by atoms with Gasteiger partial charge in [-0.15, -0.1) is 0 Å². The van der Waals surface area contributed by atoms with Crippen molar-refractivity contribution in [1.82, 2.24) is 15.1 Å². The molecule has 1 aliphatic carbocycles. The predicted octanol–water partition coefficient (Wildman–Crippen LogP) is 1.34. The molecule has 6 heteroatoms. The fourth-order valence-electron chi connectivity index (χ4n) is 3.98. The van der Waals surface area contributed by atoms with E-state index in [-0.39, 0.29) is 11.8 Å². The molecule has 2 fully saturated rings. The number of piperazine rings is 1. The van der Waals surface area contributed by atoms with E-state index in [1.807, 2.05) is 18.7 Å². The van der Waals surface area contributed by atoms with Crippen LogP contribution >= 0.6 is 0 Å². The molecule has 0 aromatic rings. The maximum atomic E-state index is 12.5. The van der Waals surface area contributed by atoms with E-state index < -0.39 is 5.54 Å². The largest absolute Gasteiger partial charge is 0.352 e. The van der Waals surface area contributed by atoms with Crippen LogP contribution < -0.4 is 11.1 Å². The van der Waals surface area contributed by atoms with E-state index in [4.69, 9.17) is 5.73 Å². The molecule has 0 bridgehead atoms. The van der Waals surface area contributed by atoms with Gasteiger partial charge in [-0.1, -0.05) is 20.3 Å². The van der Waals surface area contributed by atoms with E-state index in [0.29, 0.717) is 32.1 Å². The molecule has 0 aromatic carbocycles. The number of carbonyl (C=O) groups excluding carboxylic acids is 2. The van der Waals surface area contributed by atoms with Crippen molar-refractivity contribution >= 4 is 11.8 Å². The first-order valence-electron chi connectivity index (χ1n) is 9.91. The van der Waals surface area contributed by atoms with Crippen molar-refractivity contribution in [2.24, 2.45) is 11.7 Å². The van der Waals surface area contributed by atoms with Crippen molar-refractivity contribution in [2.45, 2.75) is 70.9 Å². The number of amides is 2. The van der Waals surface area contributed by atoms with Crippen LogP contribution in [0.4, 0.5) is 0 Å². The number of nitrogens with two attached hydrogens (primary N) is 1. The van der Waals surface area contributed by atoms with Crippen molar-refractivity contribution in [3.63, 3.8) is 0 Å². The summed E-state index contributed by atoms with van der Waals surface area (Å²) in [7, 11) is 0. The second kappa shape index (κ2) is 8.99. The van der Waals surface area contributed by atoms with Crippen molar-refractivity contribution in [3.05, 3.63) is 0 Å². The van der Waals surface area contributed by atoms with Crippen LogP contribution in [0.2, 0.25) is 0 Å². The highest BCUT2D eigenvalue weighted by Crippen LogP contribution is 2.23. The number of hydrogen-bond donors (Lipinski definition) is 2. The molecule has 1 heterocycles. The Morgan fingerprint density at radius 1 is 1.12 bits per heavy atom. The van der Waals surface area contributed by atoms with E-state index in [1.165, 1.54) is 12.8 Å². The smallest absolute Gasteiger partial charge is 0.242 e. The second-order valence-corrected chi connectivity index (χ2v) is 8.26. The minimum absolute atomic E-state index is 0.0368. The maximum absolute atomic E-state index is 12.5. The molecular weight excluding hydrogens is 316 g/mol. The Hall–Kier alpha value is -1.14. The lowest BCUT2D eigenvalue weighted by Gasteiger charge is -2.38. The lowest BCUT2D eigenvalue weighted by molar-refractivity contribution is -0.138. The van der Waals surface area contributed by atoms with Crippen LogP contribution in [0.25, 0.3) is 0 Å². The Labute approximate surface area is 152 Å². The van der Waals surface area contributed by atoms with Gasteiger partial charge >= 0.3 is 0 Å². The van der Waals surface area contributed by atoms with Crippen molar-refractivity contribution < 1.29 is 9.59 Å². The van der Waals surface area contributed by atoms with Crippen molar-refractivity contribution in [2.75, 3.05) is 32.7 Å². The Bertz CT molecular complexity index is 450. The molecule has 2 amide bonds. The minimum Gasteiger partial charge on any atom is -0.352 e. The van der Waals surface area contributed by atoms with Gasteiger partial charge in [0.1, 0.15) is 0 Å². The molecule has 3 N–H and O–H groups in total. The molecule has 6 nitrogen and oxygen atoms in total. The van der Waals surface area contributed by atoms with E-state index in [2.05, 4.69) is 17.1 Å². The summed E-state index contributed by atoms with van der Waals surface area (Å²) in [5.74, 6) is 0.948. The van der Waals surface area contributed by atoms with E-state index >= 15 is 0 Å². The van der Waals surface area contributed by atoms with E-state index in [0.717, 1.165) is 38.3 Å². The van der Waals surface area contributed by atoms with Gasteiger partial charge in [0.05, 0.1) is 12.1 Å². The molecule has 1 atom stereocenters. The molecule has 144 valence electrons. The molecule has 25 heavy (non-hydrogen) atoms. The lowest BCUT2D eigenvalue weighted by atomic mass is 9.87. The molecule has 2 aliphatic rings. The topological polar surface area (TPSA) is 78.7 Å². The summed E-state index contributed by atoms with van der Waals surface area (Å²) in [6.45, 7) is 9.37. The Balaban J connectivity index is 1.71. The number of nitrogens with zero attached hydrogens (tertiary/aromatic N) is 2. The Morgan fingerprint density at radius 2 is 1.72 bits per heavy atom. The van der Waals surface area contributed by atoms with Crippen LogP contribution in [0, 0.1) is 5.92 Å². The van der Waals surface area contributed by atoms with Crippen LogP contribution in [0.5, 0.6) is 0 Å². The average molecular weight is 353 g/mol. The van der Waals surface area contributed by atoms with Crippen LogP contribution in [-0.4, -0.2) is 65.9 Å². The molecule has 1 saturated carbocycles. The van der Waals surface area contributed by atoms with Crippen molar-refractivity contribution in [3.8, 4) is 0 Å². The summed E-state index contributed by atoms with van der Waals surface area (Å²) >= 11 is 0. The molecule has 0 radical (unpaired) electrons. The number of nitrogens with one attached hydrogen (secondary N) is 1. The molecule has 0 spiro atoms. The Kier molecular flexibility index (Phi) is 7.25. The summed E-state index contributed by atoms with van der Waals surface area (Å²) in [5, 5.41) is 3.18. The molecule has 1 unspecified atom stereocenters. The highest BCUT2D eigenvalue weighted by molar-refractivity contribution is 5.85. The van der Waals surface area contributed by atoms with Crippen LogP contribution in [0.1, 0.15) is 59.3 Å². The molecule has 0 aromatic heterocycles.